The van der Waals surface area contributed by atoms with Gasteiger partial charge in [-0.05, 0) is 52.3 Å². The van der Waals surface area contributed by atoms with Crippen LogP contribution >= 0.6 is 0 Å². The molecule has 0 aliphatic heterocycles. The number of furan rings is 1. The molecule has 0 amide bonds. The molecular formula is C17H30N2O. The van der Waals surface area contributed by atoms with E-state index in [1.54, 1.807) is 0 Å². The van der Waals surface area contributed by atoms with Crippen molar-refractivity contribution in [2.24, 2.45) is 0 Å². The molecule has 20 heavy (non-hydrogen) atoms. The summed E-state index contributed by atoms with van der Waals surface area (Å²) < 4.78 is 5.97. The van der Waals surface area contributed by atoms with E-state index in [1.807, 2.05) is 0 Å². The third-order valence-electron chi connectivity index (χ3n) is 4.12. The van der Waals surface area contributed by atoms with Crippen molar-refractivity contribution in [1.29, 1.82) is 0 Å². The molecule has 1 aromatic heterocycles. The third kappa shape index (κ3) is 4.64. The zero-order valence-corrected chi connectivity index (χ0v) is 13.5. The molecule has 2 rings (SSSR count). The standard InChI is InChI=1S/C17H30N2O/c1-5-19(14-8-6-7-9-14)13-16-11-10-15(20-16)12-18-17(2,3)4/h10-11,14,18H,5-9,12-13H2,1-4H3. The summed E-state index contributed by atoms with van der Waals surface area (Å²) in [6, 6.07) is 5.01. The van der Waals surface area contributed by atoms with Crippen LogP contribution in [0.25, 0.3) is 0 Å². The normalized spacial score (nSPS) is 17.2. The van der Waals surface area contributed by atoms with Crippen LogP contribution in [0.5, 0.6) is 0 Å². The minimum absolute atomic E-state index is 0.131. The molecule has 1 aliphatic carbocycles. The first-order valence-electron chi connectivity index (χ1n) is 8.04. The van der Waals surface area contributed by atoms with E-state index in [4.69, 9.17) is 4.42 Å². The molecule has 3 heteroatoms. The zero-order valence-electron chi connectivity index (χ0n) is 13.5. The fourth-order valence-electron chi connectivity index (χ4n) is 2.92. The van der Waals surface area contributed by atoms with Crippen LogP contribution in [0.2, 0.25) is 0 Å². The van der Waals surface area contributed by atoms with Crippen LogP contribution in [0.3, 0.4) is 0 Å². The Kier molecular flexibility index (Phi) is 5.28. The van der Waals surface area contributed by atoms with E-state index in [9.17, 15) is 0 Å². The van der Waals surface area contributed by atoms with Gasteiger partial charge in [0.1, 0.15) is 11.5 Å². The van der Waals surface area contributed by atoms with Gasteiger partial charge in [0.05, 0.1) is 13.1 Å². The van der Waals surface area contributed by atoms with Gasteiger partial charge in [-0.15, -0.1) is 0 Å². The molecular weight excluding hydrogens is 248 g/mol. The number of rotatable bonds is 6. The van der Waals surface area contributed by atoms with Gasteiger partial charge in [-0.3, -0.25) is 4.90 Å². The smallest absolute Gasteiger partial charge is 0.118 e. The van der Waals surface area contributed by atoms with Gasteiger partial charge in [0, 0.05) is 11.6 Å². The van der Waals surface area contributed by atoms with E-state index in [0.717, 1.165) is 37.2 Å². The molecule has 1 heterocycles. The number of nitrogens with zero attached hydrogens (tertiary/aromatic N) is 1. The lowest BCUT2D eigenvalue weighted by atomic mass is 10.1. The van der Waals surface area contributed by atoms with E-state index in [2.05, 4.69) is 50.0 Å². The van der Waals surface area contributed by atoms with Crippen molar-refractivity contribution in [3.63, 3.8) is 0 Å². The molecule has 0 spiro atoms. The van der Waals surface area contributed by atoms with Crippen LogP contribution in [0.15, 0.2) is 16.5 Å². The van der Waals surface area contributed by atoms with Crippen molar-refractivity contribution in [3.05, 3.63) is 23.7 Å². The van der Waals surface area contributed by atoms with Crippen LogP contribution in [-0.2, 0) is 13.1 Å². The Morgan fingerprint density at radius 2 is 1.85 bits per heavy atom. The maximum atomic E-state index is 5.97. The lowest BCUT2D eigenvalue weighted by Gasteiger charge is -2.26. The van der Waals surface area contributed by atoms with E-state index in [-0.39, 0.29) is 5.54 Å². The first-order valence-corrected chi connectivity index (χ1v) is 8.04. The summed E-state index contributed by atoms with van der Waals surface area (Å²) in [7, 11) is 0. The van der Waals surface area contributed by atoms with Crippen molar-refractivity contribution in [1.82, 2.24) is 10.2 Å². The molecule has 1 fully saturated rings. The highest BCUT2D eigenvalue weighted by molar-refractivity contribution is 5.07. The number of hydrogen-bond acceptors (Lipinski definition) is 3. The molecule has 0 radical (unpaired) electrons. The Hall–Kier alpha value is -0.800. The summed E-state index contributed by atoms with van der Waals surface area (Å²) >= 11 is 0. The molecule has 1 saturated carbocycles. The summed E-state index contributed by atoms with van der Waals surface area (Å²) in [5.41, 5.74) is 0.131. The second-order valence-corrected chi connectivity index (χ2v) is 6.97. The monoisotopic (exact) mass is 278 g/mol. The first kappa shape index (κ1) is 15.6. The summed E-state index contributed by atoms with van der Waals surface area (Å²) in [6.07, 6.45) is 5.49. The maximum absolute atomic E-state index is 5.97. The second kappa shape index (κ2) is 6.77. The van der Waals surface area contributed by atoms with Gasteiger partial charge in [0.2, 0.25) is 0 Å². The predicted octanol–water partition coefficient (Wildman–Crippen LogP) is 3.93. The van der Waals surface area contributed by atoms with E-state index in [1.165, 1.54) is 25.7 Å². The highest BCUT2D eigenvalue weighted by Gasteiger charge is 2.22. The largest absolute Gasteiger partial charge is 0.463 e. The molecule has 1 aliphatic rings. The van der Waals surface area contributed by atoms with Crippen molar-refractivity contribution >= 4 is 0 Å². The lowest BCUT2D eigenvalue weighted by Crippen LogP contribution is -2.34. The van der Waals surface area contributed by atoms with Crippen molar-refractivity contribution in [2.45, 2.75) is 78.0 Å². The Morgan fingerprint density at radius 3 is 2.45 bits per heavy atom. The first-order chi connectivity index (χ1) is 9.48. The topological polar surface area (TPSA) is 28.4 Å². The van der Waals surface area contributed by atoms with Gasteiger partial charge in [0.15, 0.2) is 0 Å². The van der Waals surface area contributed by atoms with Crippen LogP contribution < -0.4 is 5.32 Å². The van der Waals surface area contributed by atoms with Gasteiger partial charge in [-0.1, -0.05) is 19.8 Å². The zero-order chi connectivity index (χ0) is 14.6. The van der Waals surface area contributed by atoms with Crippen molar-refractivity contribution in [2.75, 3.05) is 6.54 Å². The maximum Gasteiger partial charge on any atom is 0.118 e. The summed E-state index contributed by atoms with van der Waals surface area (Å²) in [5.74, 6) is 2.14. The molecule has 114 valence electrons. The minimum atomic E-state index is 0.131. The van der Waals surface area contributed by atoms with Crippen molar-refractivity contribution < 1.29 is 4.42 Å². The SMILES string of the molecule is CCN(Cc1ccc(CNC(C)(C)C)o1)C1CCCC1. The van der Waals surface area contributed by atoms with E-state index < -0.39 is 0 Å². The van der Waals surface area contributed by atoms with Gasteiger partial charge in [-0.25, -0.2) is 0 Å². The molecule has 0 aromatic carbocycles. The highest BCUT2D eigenvalue weighted by atomic mass is 16.3. The van der Waals surface area contributed by atoms with Gasteiger partial charge >= 0.3 is 0 Å². The number of hydrogen-bond donors (Lipinski definition) is 1. The molecule has 0 bridgehead atoms. The van der Waals surface area contributed by atoms with Crippen LogP contribution in [-0.4, -0.2) is 23.0 Å². The summed E-state index contributed by atoms with van der Waals surface area (Å²) in [5, 5.41) is 3.47. The van der Waals surface area contributed by atoms with Crippen LogP contribution in [0, 0.1) is 0 Å². The van der Waals surface area contributed by atoms with Crippen molar-refractivity contribution in [3.8, 4) is 0 Å². The fraction of sp³-hybridized carbons (Fsp3) is 0.765. The lowest BCUT2D eigenvalue weighted by molar-refractivity contribution is 0.183. The van der Waals surface area contributed by atoms with Crippen LogP contribution in [0.1, 0.15) is 64.9 Å². The Balaban J connectivity index is 1.87. The Bertz CT molecular complexity index is 399. The minimum Gasteiger partial charge on any atom is -0.463 e. The molecule has 0 unspecified atom stereocenters. The number of nitrogens with one attached hydrogen (secondary N) is 1. The summed E-state index contributed by atoms with van der Waals surface area (Å²) in [6.45, 7) is 11.7. The third-order valence-corrected chi connectivity index (χ3v) is 4.12. The van der Waals surface area contributed by atoms with Gasteiger partial charge in [-0.2, -0.15) is 0 Å². The second-order valence-electron chi connectivity index (χ2n) is 6.97. The predicted molar refractivity (Wildman–Crippen MR) is 83.6 cm³/mol. The molecule has 3 nitrogen and oxygen atoms in total. The summed E-state index contributed by atoms with van der Waals surface area (Å²) in [4.78, 5) is 2.56. The highest BCUT2D eigenvalue weighted by Crippen LogP contribution is 2.25. The molecule has 0 saturated heterocycles. The van der Waals surface area contributed by atoms with E-state index in [0.29, 0.717) is 0 Å². The average Bonchev–Trinajstić information content (AvgIpc) is 3.04. The van der Waals surface area contributed by atoms with Crippen LogP contribution in [0.4, 0.5) is 0 Å². The quantitative estimate of drug-likeness (QED) is 0.854. The van der Waals surface area contributed by atoms with E-state index >= 15 is 0 Å². The van der Waals surface area contributed by atoms with Gasteiger partial charge < -0.3 is 9.73 Å². The van der Waals surface area contributed by atoms with Gasteiger partial charge in [0.25, 0.3) is 0 Å². The molecule has 1 N–H and O–H groups in total. The molecule has 1 aromatic rings. The fourth-order valence-corrected chi connectivity index (χ4v) is 2.92. The Morgan fingerprint density at radius 1 is 1.20 bits per heavy atom. The molecule has 0 atom stereocenters. The Labute approximate surface area is 123 Å². The average molecular weight is 278 g/mol.